The summed E-state index contributed by atoms with van der Waals surface area (Å²) in [6.45, 7) is 5.50. The van der Waals surface area contributed by atoms with Gasteiger partial charge in [0.1, 0.15) is 18.3 Å². The molecule has 0 aromatic carbocycles. The van der Waals surface area contributed by atoms with E-state index in [2.05, 4.69) is 25.9 Å². The van der Waals surface area contributed by atoms with Gasteiger partial charge >= 0.3 is 24.1 Å². The molecule has 0 fully saturated rings. The van der Waals surface area contributed by atoms with Crippen molar-refractivity contribution in [3.63, 3.8) is 0 Å². The van der Waals surface area contributed by atoms with Gasteiger partial charge in [0.05, 0.1) is 97.2 Å². The molecular weight excluding hydrogens is 1000 g/mol. The number of carbonyl (C=O) groups is 6. The Morgan fingerprint density at radius 1 is 0.667 bits per heavy atom. The molecule has 0 aromatic rings. The van der Waals surface area contributed by atoms with Gasteiger partial charge in [-0.2, -0.15) is 0 Å². The van der Waals surface area contributed by atoms with E-state index >= 15 is 0 Å². The standard InChI is InChI=1S/C44H76N10O21/c1-4-67-15-16-70-19-20-71-18-17-68-12-7-33(60)54(11-14-69-13-9-50-44(66)74-36(29(58)23-55)35-25(2)27(52-41(45)46)21-31(72-35)39(61)62)10-6-5-8-49-43(65)75-37(30(59)24-56)38-34(51-26(3)57)28(53-42(47)48)22-32(73-38)40(63)64/h21-22,25,27-30,34-38,55-56,58-59H,4-20,23-24H2,1-3H3,(H,49,65)(H,50,66)(H,51,57)(H,61,62)(H,63,64)(H4,45,46,52)(H4,47,48,53)/t25-,27+,28+,29-,30-,34-,35-,36-,37-,38-/m1/s1. The fourth-order valence-electron chi connectivity index (χ4n) is 7.28. The average molecular weight is 1080 g/mol. The Labute approximate surface area is 432 Å². The van der Waals surface area contributed by atoms with Gasteiger partial charge in [0, 0.05) is 45.6 Å². The first-order valence-corrected chi connectivity index (χ1v) is 24.1. The maximum atomic E-state index is 13.4. The van der Waals surface area contributed by atoms with Gasteiger partial charge in [-0.1, -0.05) is 6.92 Å². The lowest BCUT2D eigenvalue weighted by Crippen LogP contribution is -2.61. The summed E-state index contributed by atoms with van der Waals surface area (Å²) < 4.78 is 49.2. The zero-order chi connectivity index (χ0) is 55.9. The monoisotopic (exact) mass is 1080 g/mol. The zero-order valence-corrected chi connectivity index (χ0v) is 42.3. The predicted molar refractivity (Wildman–Crippen MR) is 260 cm³/mol. The summed E-state index contributed by atoms with van der Waals surface area (Å²) in [7, 11) is 0. The molecule has 0 saturated heterocycles. The second-order valence-corrected chi connectivity index (χ2v) is 16.6. The quantitative estimate of drug-likeness (QED) is 0.0158. The average Bonchev–Trinajstić information content (AvgIpc) is 3.35. The largest absolute Gasteiger partial charge is 0.479 e. The number of nitrogens with two attached hydrogens (primary N) is 4. The number of amides is 4. The number of nitrogens with zero attached hydrogens (tertiary/aromatic N) is 3. The first-order valence-electron chi connectivity index (χ1n) is 24.1. The number of rotatable bonds is 37. The maximum absolute atomic E-state index is 13.4. The summed E-state index contributed by atoms with van der Waals surface area (Å²) in [5.74, 6) is -6.82. The van der Waals surface area contributed by atoms with Crippen molar-refractivity contribution in [2.24, 2.45) is 38.8 Å². The Kier molecular flexibility index (Phi) is 30.9. The van der Waals surface area contributed by atoms with Crippen LogP contribution in [0.25, 0.3) is 0 Å². The van der Waals surface area contributed by atoms with Gasteiger partial charge in [0.15, 0.2) is 30.2 Å². The minimum Gasteiger partial charge on any atom is -0.479 e. The number of nitrogens with one attached hydrogen (secondary N) is 3. The number of hydrogen-bond acceptors (Lipinski definition) is 21. The van der Waals surface area contributed by atoms with Crippen LogP contribution in [0, 0.1) is 5.92 Å². The van der Waals surface area contributed by atoms with Crippen LogP contribution in [-0.4, -0.2) is 244 Å². The smallest absolute Gasteiger partial charge is 0.407 e. The molecule has 4 amide bonds. The Morgan fingerprint density at radius 2 is 1.15 bits per heavy atom. The number of alkyl carbamates (subject to hydrolysis) is 2. The van der Waals surface area contributed by atoms with Gasteiger partial charge in [-0.25, -0.2) is 29.2 Å². The lowest BCUT2D eigenvalue weighted by molar-refractivity contribution is -0.147. The highest BCUT2D eigenvalue weighted by Gasteiger charge is 2.47. The number of aliphatic imine (C=N–C) groups is 2. The highest BCUT2D eigenvalue weighted by Crippen LogP contribution is 2.31. The van der Waals surface area contributed by atoms with Gasteiger partial charge < -0.3 is 117 Å². The molecule has 31 heteroatoms. The molecule has 31 nitrogen and oxygen atoms in total. The van der Waals surface area contributed by atoms with E-state index in [-0.39, 0.29) is 83.9 Å². The van der Waals surface area contributed by atoms with Crippen molar-refractivity contribution in [1.82, 2.24) is 20.9 Å². The molecule has 2 heterocycles. The van der Waals surface area contributed by atoms with Crippen LogP contribution >= 0.6 is 0 Å². The van der Waals surface area contributed by atoms with Crippen molar-refractivity contribution in [1.29, 1.82) is 0 Å². The topological polar surface area (TPSA) is 475 Å². The second-order valence-electron chi connectivity index (χ2n) is 16.6. The third kappa shape index (κ3) is 24.7. The number of unbranched alkanes of at least 4 members (excludes halogenated alkanes) is 1. The molecule has 428 valence electrons. The highest BCUT2D eigenvalue weighted by molar-refractivity contribution is 5.86. The molecule has 2 rings (SSSR count). The Morgan fingerprint density at radius 3 is 1.67 bits per heavy atom. The molecule has 17 N–H and O–H groups in total. The van der Waals surface area contributed by atoms with Crippen LogP contribution in [0.4, 0.5) is 9.59 Å². The molecule has 10 atom stereocenters. The fraction of sp³-hybridized carbons (Fsp3) is 0.727. The minimum absolute atomic E-state index is 0.00967. The van der Waals surface area contributed by atoms with Crippen molar-refractivity contribution < 1.29 is 102 Å². The highest BCUT2D eigenvalue weighted by atomic mass is 16.6. The lowest BCUT2D eigenvalue weighted by atomic mass is 9.87. The molecule has 2 aliphatic rings. The second kappa shape index (κ2) is 35.8. The van der Waals surface area contributed by atoms with Crippen LogP contribution in [0.2, 0.25) is 0 Å². The van der Waals surface area contributed by atoms with E-state index in [0.29, 0.717) is 39.5 Å². The van der Waals surface area contributed by atoms with Crippen molar-refractivity contribution in [3.8, 4) is 0 Å². The summed E-state index contributed by atoms with van der Waals surface area (Å²) in [5, 5.41) is 67.6. The van der Waals surface area contributed by atoms with Gasteiger partial charge in [0.2, 0.25) is 23.3 Å². The van der Waals surface area contributed by atoms with E-state index in [1.165, 1.54) is 4.90 Å². The third-order valence-corrected chi connectivity index (χ3v) is 10.9. The summed E-state index contributed by atoms with van der Waals surface area (Å²) in [4.78, 5) is 84.7. The van der Waals surface area contributed by atoms with Crippen molar-refractivity contribution in [2.75, 3.05) is 105 Å². The van der Waals surface area contributed by atoms with Crippen LogP contribution in [0.15, 0.2) is 33.7 Å². The molecule has 0 aliphatic carbocycles. The normalized spacial score (nSPS) is 20.7. The number of aliphatic hydroxyl groups excluding tert-OH is 4. The van der Waals surface area contributed by atoms with Crippen LogP contribution < -0.4 is 38.9 Å². The Hall–Kier alpha value is -6.32. The Bertz CT molecular complexity index is 1910. The number of carbonyl (C=O) groups excluding carboxylic acids is 4. The van der Waals surface area contributed by atoms with Crippen molar-refractivity contribution in [3.05, 3.63) is 23.7 Å². The van der Waals surface area contributed by atoms with E-state index in [1.807, 2.05) is 6.92 Å². The van der Waals surface area contributed by atoms with E-state index in [1.54, 1.807) is 6.92 Å². The minimum atomic E-state index is -1.84. The molecule has 0 unspecified atom stereocenters. The summed E-state index contributed by atoms with van der Waals surface area (Å²) in [6, 6.07) is -3.48. The molecular formula is C44H76N10O21. The number of aliphatic hydroxyl groups is 4. The van der Waals surface area contributed by atoms with Gasteiger partial charge in [-0.05, 0) is 31.9 Å². The summed E-state index contributed by atoms with van der Waals surface area (Å²) in [6.07, 6.45) is -9.25. The number of carboxylic acid groups (broad SMARTS) is 2. The fourth-order valence-corrected chi connectivity index (χ4v) is 7.28. The molecule has 75 heavy (non-hydrogen) atoms. The number of ether oxygens (including phenoxy) is 9. The van der Waals surface area contributed by atoms with Gasteiger partial charge in [-0.15, -0.1) is 0 Å². The van der Waals surface area contributed by atoms with Crippen molar-refractivity contribution in [2.45, 2.75) is 94.8 Å². The van der Waals surface area contributed by atoms with E-state index < -0.39 is 121 Å². The summed E-state index contributed by atoms with van der Waals surface area (Å²) in [5.41, 5.74) is 22.1. The zero-order valence-electron chi connectivity index (χ0n) is 42.3. The van der Waals surface area contributed by atoms with Crippen LogP contribution in [-0.2, 0) is 61.8 Å². The molecule has 0 bridgehead atoms. The van der Waals surface area contributed by atoms with E-state index in [4.69, 9.17) is 65.6 Å². The first-order chi connectivity index (χ1) is 35.7. The maximum Gasteiger partial charge on any atom is 0.407 e. The third-order valence-electron chi connectivity index (χ3n) is 10.9. The van der Waals surface area contributed by atoms with E-state index in [9.17, 15) is 59.4 Å². The van der Waals surface area contributed by atoms with Crippen molar-refractivity contribution >= 4 is 47.9 Å². The van der Waals surface area contributed by atoms with Crippen LogP contribution in [0.1, 0.15) is 40.0 Å². The molecule has 0 radical (unpaired) electrons. The number of aliphatic carboxylic acids is 2. The van der Waals surface area contributed by atoms with Gasteiger partial charge in [-0.3, -0.25) is 9.59 Å². The SMILES string of the molecule is CCOCCOCCOCCOCCC(=O)N(CCCCNC(=O)O[C@@H]([C@@H]1OC(C(=O)O)=C[C@H](N=C(N)N)[C@H]1NC(C)=O)[C@H](O)CO)CCOCCNC(=O)O[C@@H]([C@@H]1OC(C(=O)O)=C[C@H](N=C(N)N)[C@H]1C)[C@H](O)CO. The predicted octanol–water partition coefficient (Wildman–Crippen LogP) is -4.86. The van der Waals surface area contributed by atoms with Crippen LogP contribution in [0.5, 0.6) is 0 Å². The lowest BCUT2D eigenvalue weighted by Gasteiger charge is -2.39. The molecule has 0 saturated carbocycles. The molecule has 2 aliphatic heterocycles. The number of guanidine groups is 2. The first kappa shape index (κ1) is 64.8. The van der Waals surface area contributed by atoms with Crippen LogP contribution in [0.3, 0.4) is 0 Å². The molecule has 0 spiro atoms. The number of carboxylic acids is 2. The van der Waals surface area contributed by atoms with E-state index in [0.717, 1.165) is 19.1 Å². The Balaban J connectivity index is 2.02. The molecule has 0 aromatic heterocycles. The number of hydrogen-bond donors (Lipinski definition) is 13. The van der Waals surface area contributed by atoms with Gasteiger partial charge in [0.25, 0.3) is 0 Å². The summed E-state index contributed by atoms with van der Waals surface area (Å²) >= 11 is 0.